The first-order valence-electron chi connectivity index (χ1n) is 8.99. The van der Waals surface area contributed by atoms with Crippen molar-refractivity contribution in [3.05, 3.63) is 41.4 Å². The molecule has 148 valence electrons. The highest BCUT2D eigenvalue weighted by molar-refractivity contribution is 7.99. The molecule has 0 spiro atoms. The molecule has 2 rings (SSSR count). The van der Waals surface area contributed by atoms with Crippen molar-refractivity contribution in [2.24, 2.45) is 4.99 Å². The number of aliphatic imine (C=N–C) groups is 1. The average Bonchev–Trinajstić information content (AvgIpc) is 3.14. The Bertz CT molecular complexity index is 689. The van der Waals surface area contributed by atoms with Crippen molar-refractivity contribution in [2.75, 3.05) is 37.4 Å². The van der Waals surface area contributed by atoms with Gasteiger partial charge in [-0.05, 0) is 30.5 Å². The van der Waals surface area contributed by atoms with E-state index in [9.17, 15) is 0 Å². The van der Waals surface area contributed by atoms with Crippen molar-refractivity contribution < 1.29 is 0 Å². The van der Waals surface area contributed by atoms with Crippen LogP contribution in [0.5, 0.6) is 0 Å². The normalized spacial score (nSPS) is 11.6. The van der Waals surface area contributed by atoms with E-state index in [2.05, 4.69) is 43.6 Å². The van der Waals surface area contributed by atoms with Gasteiger partial charge in [0.25, 0.3) is 0 Å². The van der Waals surface area contributed by atoms with Crippen LogP contribution in [0.15, 0.2) is 40.5 Å². The van der Waals surface area contributed by atoms with Gasteiger partial charge in [0, 0.05) is 47.5 Å². The Morgan fingerprint density at radius 3 is 2.70 bits per heavy atom. The van der Waals surface area contributed by atoms with E-state index >= 15 is 0 Å². The molecule has 1 heterocycles. The quantitative estimate of drug-likeness (QED) is 0.249. The SMILES string of the molecule is CCc1nncn1CCNC(=NCCSC)NCCSc1ccc(Cl)cc1. The molecule has 0 fully saturated rings. The molecule has 6 nitrogen and oxygen atoms in total. The van der Waals surface area contributed by atoms with E-state index in [1.165, 1.54) is 4.90 Å². The lowest BCUT2D eigenvalue weighted by atomic mass is 10.4. The van der Waals surface area contributed by atoms with E-state index in [0.29, 0.717) is 0 Å². The van der Waals surface area contributed by atoms with E-state index in [1.807, 2.05) is 24.3 Å². The summed E-state index contributed by atoms with van der Waals surface area (Å²) in [7, 11) is 0. The number of thioether (sulfide) groups is 2. The van der Waals surface area contributed by atoms with E-state index in [0.717, 1.165) is 60.9 Å². The molecule has 0 saturated carbocycles. The number of nitrogens with zero attached hydrogens (tertiary/aromatic N) is 4. The van der Waals surface area contributed by atoms with E-state index in [-0.39, 0.29) is 0 Å². The molecule has 2 aromatic rings. The highest BCUT2D eigenvalue weighted by atomic mass is 35.5. The van der Waals surface area contributed by atoms with Crippen LogP contribution in [0.25, 0.3) is 0 Å². The molecule has 1 aromatic carbocycles. The molecule has 0 radical (unpaired) electrons. The van der Waals surface area contributed by atoms with Crippen LogP contribution < -0.4 is 10.6 Å². The van der Waals surface area contributed by atoms with Crippen molar-refractivity contribution >= 4 is 41.1 Å². The van der Waals surface area contributed by atoms with Gasteiger partial charge in [-0.3, -0.25) is 4.99 Å². The maximum atomic E-state index is 5.92. The fraction of sp³-hybridized carbons (Fsp3) is 0.500. The Morgan fingerprint density at radius 2 is 1.96 bits per heavy atom. The molecule has 2 N–H and O–H groups in total. The zero-order chi connectivity index (χ0) is 19.3. The Labute approximate surface area is 175 Å². The number of rotatable bonds is 11. The van der Waals surface area contributed by atoms with Crippen LogP contribution in [0.1, 0.15) is 12.7 Å². The van der Waals surface area contributed by atoms with Crippen LogP contribution >= 0.6 is 35.1 Å². The standard InChI is InChI=1S/C18H27ClN6S2/c1-3-17-24-23-14-25(17)11-8-20-18(21-9-12-26-2)22-10-13-27-16-6-4-15(19)5-7-16/h4-7,14H,3,8-13H2,1-2H3,(H2,20,21,22). The second kappa shape index (κ2) is 12.9. The minimum atomic E-state index is 0.768. The van der Waals surface area contributed by atoms with Gasteiger partial charge in [-0.15, -0.1) is 22.0 Å². The smallest absolute Gasteiger partial charge is 0.191 e. The minimum Gasteiger partial charge on any atom is -0.356 e. The maximum absolute atomic E-state index is 5.92. The first-order valence-corrected chi connectivity index (χ1v) is 11.7. The van der Waals surface area contributed by atoms with Gasteiger partial charge in [-0.1, -0.05) is 18.5 Å². The number of guanidine groups is 1. The van der Waals surface area contributed by atoms with Crippen LogP contribution in [0.3, 0.4) is 0 Å². The van der Waals surface area contributed by atoms with Gasteiger partial charge >= 0.3 is 0 Å². The number of aryl methyl sites for hydroxylation is 1. The first kappa shape index (κ1) is 21.9. The summed E-state index contributed by atoms with van der Waals surface area (Å²) in [5, 5.41) is 15.7. The molecule has 0 amide bonds. The van der Waals surface area contributed by atoms with Crippen molar-refractivity contribution in [1.29, 1.82) is 0 Å². The number of nitrogens with one attached hydrogen (secondary N) is 2. The fourth-order valence-electron chi connectivity index (χ4n) is 2.33. The Balaban J connectivity index is 1.75. The van der Waals surface area contributed by atoms with Crippen molar-refractivity contribution in [3.8, 4) is 0 Å². The molecule has 1 aromatic heterocycles. The van der Waals surface area contributed by atoms with Gasteiger partial charge < -0.3 is 15.2 Å². The zero-order valence-electron chi connectivity index (χ0n) is 15.8. The van der Waals surface area contributed by atoms with Gasteiger partial charge in [-0.25, -0.2) is 0 Å². The molecule has 0 atom stereocenters. The lowest BCUT2D eigenvalue weighted by molar-refractivity contribution is 0.633. The summed E-state index contributed by atoms with van der Waals surface area (Å²) in [6.45, 7) is 5.32. The predicted molar refractivity (Wildman–Crippen MR) is 118 cm³/mol. The Kier molecular flexibility index (Phi) is 10.5. The van der Waals surface area contributed by atoms with Crippen molar-refractivity contribution in [3.63, 3.8) is 0 Å². The molecule has 0 aliphatic heterocycles. The maximum Gasteiger partial charge on any atom is 0.191 e. The van der Waals surface area contributed by atoms with Crippen LogP contribution in [0, 0.1) is 0 Å². The van der Waals surface area contributed by atoms with E-state index in [1.54, 1.807) is 29.9 Å². The summed E-state index contributed by atoms with van der Waals surface area (Å²) in [5.41, 5.74) is 0. The minimum absolute atomic E-state index is 0.768. The molecule has 0 unspecified atom stereocenters. The highest BCUT2D eigenvalue weighted by Crippen LogP contribution is 2.19. The van der Waals surface area contributed by atoms with Gasteiger partial charge in [0.2, 0.25) is 0 Å². The lowest BCUT2D eigenvalue weighted by Gasteiger charge is -2.13. The van der Waals surface area contributed by atoms with Crippen LogP contribution in [0.4, 0.5) is 0 Å². The largest absolute Gasteiger partial charge is 0.356 e. The number of hydrogen-bond acceptors (Lipinski definition) is 5. The summed E-state index contributed by atoms with van der Waals surface area (Å²) in [6.07, 6.45) is 4.76. The molecule has 0 saturated heterocycles. The highest BCUT2D eigenvalue weighted by Gasteiger charge is 2.03. The lowest BCUT2D eigenvalue weighted by Crippen LogP contribution is -2.40. The summed E-state index contributed by atoms with van der Waals surface area (Å²) < 4.78 is 2.07. The number of halogens is 1. The molecular formula is C18H27ClN6S2. The zero-order valence-corrected chi connectivity index (χ0v) is 18.2. The topological polar surface area (TPSA) is 67.1 Å². The van der Waals surface area contributed by atoms with Gasteiger partial charge in [-0.2, -0.15) is 11.8 Å². The summed E-state index contributed by atoms with van der Waals surface area (Å²) in [5.74, 6) is 3.82. The van der Waals surface area contributed by atoms with Gasteiger partial charge in [0.15, 0.2) is 5.96 Å². The van der Waals surface area contributed by atoms with E-state index in [4.69, 9.17) is 11.6 Å². The summed E-state index contributed by atoms with van der Waals surface area (Å²) in [4.78, 5) is 5.85. The third-order valence-corrected chi connectivity index (χ3v) is 5.56. The third kappa shape index (κ3) is 8.45. The predicted octanol–water partition coefficient (Wildman–Crippen LogP) is 3.18. The molecule has 0 aliphatic carbocycles. The molecule has 27 heavy (non-hydrogen) atoms. The molecular weight excluding hydrogens is 400 g/mol. The Morgan fingerprint density at radius 1 is 1.19 bits per heavy atom. The number of benzene rings is 1. The number of hydrogen-bond donors (Lipinski definition) is 2. The number of aromatic nitrogens is 3. The average molecular weight is 427 g/mol. The van der Waals surface area contributed by atoms with Crippen LogP contribution in [-0.4, -0.2) is 58.1 Å². The van der Waals surface area contributed by atoms with Crippen LogP contribution in [0.2, 0.25) is 5.02 Å². The second-order valence-corrected chi connectivity index (χ2v) is 8.26. The second-order valence-electron chi connectivity index (χ2n) is 5.67. The van der Waals surface area contributed by atoms with Gasteiger partial charge in [0.05, 0.1) is 6.54 Å². The van der Waals surface area contributed by atoms with Gasteiger partial charge in [0.1, 0.15) is 12.2 Å². The van der Waals surface area contributed by atoms with Crippen molar-refractivity contribution in [1.82, 2.24) is 25.4 Å². The monoisotopic (exact) mass is 426 g/mol. The third-order valence-electron chi connectivity index (χ3n) is 3.70. The van der Waals surface area contributed by atoms with E-state index < -0.39 is 0 Å². The molecule has 9 heteroatoms. The summed E-state index contributed by atoms with van der Waals surface area (Å²) >= 11 is 9.52. The first-order chi connectivity index (χ1) is 13.2. The fourth-order valence-corrected chi connectivity index (χ4v) is 3.49. The van der Waals surface area contributed by atoms with Crippen LogP contribution in [-0.2, 0) is 13.0 Å². The summed E-state index contributed by atoms with van der Waals surface area (Å²) in [6, 6.07) is 7.93. The Hall–Kier alpha value is -1.38. The molecule has 0 aliphatic rings. The van der Waals surface area contributed by atoms with Crippen molar-refractivity contribution in [2.45, 2.75) is 24.8 Å². The molecule has 0 bridgehead atoms.